The van der Waals surface area contributed by atoms with Crippen molar-refractivity contribution in [2.75, 3.05) is 12.3 Å². The highest BCUT2D eigenvalue weighted by Gasteiger charge is 2.14. The number of carbonyl (C=O) groups excluding carboxylic acids is 1. The van der Waals surface area contributed by atoms with Crippen LogP contribution in [-0.4, -0.2) is 17.4 Å². The van der Waals surface area contributed by atoms with Gasteiger partial charge in [-0.2, -0.15) is 0 Å². The number of nitrogens with two attached hydrogens (primary N) is 1. The molecule has 0 bridgehead atoms. The summed E-state index contributed by atoms with van der Waals surface area (Å²) >= 11 is 0. The van der Waals surface area contributed by atoms with Crippen LogP contribution in [-0.2, 0) is 13.0 Å². The summed E-state index contributed by atoms with van der Waals surface area (Å²) in [4.78, 5) is 14.4. The van der Waals surface area contributed by atoms with Gasteiger partial charge in [-0.3, -0.25) is 4.79 Å². The Labute approximate surface area is 126 Å². The number of hydrogen-bond donors (Lipinski definition) is 1. The highest BCUT2D eigenvalue weighted by molar-refractivity contribution is 5.94. The molecule has 3 heteroatoms. The van der Waals surface area contributed by atoms with Gasteiger partial charge in [-0.1, -0.05) is 31.2 Å². The van der Waals surface area contributed by atoms with Crippen LogP contribution in [0, 0.1) is 0 Å². The Morgan fingerprint density at radius 2 is 1.52 bits per heavy atom. The van der Waals surface area contributed by atoms with Crippen molar-refractivity contribution < 1.29 is 4.79 Å². The summed E-state index contributed by atoms with van der Waals surface area (Å²) in [5.41, 5.74) is 9.50. The van der Waals surface area contributed by atoms with E-state index in [4.69, 9.17) is 5.73 Å². The van der Waals surface area contributed by atoms with Crippen LogP contribution in [0.1, 0.15) is 35.3 Å². The molecule has 2 aromatic rings. The van der Waals surface area contributed by atoms with Crippen LogP contribution in [0.15, 0.2) is 48.5 Å². The Morgan fingerprint density at radius 1 is 0.952 bits per heavy atom. The Hall–Kier alpha value is -2.29. The van der Waals surface area contributed by atoms with Crippen molar-refractivity contribution in [1.29, 1.82) is 0 Å². The lowest BCUT2D eigenvalue weighted by Gasteiger charge is -2.21. The minimum atomic E-state index is 0.0666. The molecule has 21 heavy (non-hydrogen) atoms. The first-order valence-corrected chi connectivity index (χ1v) is 7.36. The van der Waals surface area contributed by atoms with Crippen LogP contribution in [0.2, 0.25) is 0 Å². The van der Waals surface area contributed by atoms with E-state index in [0.29, 0.717) is 13.1 Å². The molecule has 0 unspecified atom stereocenters. The largest absolute Gasteiger partial charge is 0.399 e. The summed E-state index contributed by atoms with van der Waals surface area (Å²) in [5.74, 6) is 0.0666. The van der Waals surface area contributed by atoms with Crippen molar-refractivity contribution in [3.8, 4) is 0 Å². The van der Waals surface area contributed by atoms with E-state index in [-0.39, 0.29) is 5.91 Å². The van der Waals surface area contributed by atoms with Gasteiger partial charge in [-0.25, -0.2) is 0 Å². The van der Waals surface area contributed by atoms with Gasteiger partial charge in [0.05, 0.1) is 0 Å². The first kappa shape index (κ1) is 15.1. The Kier molecular flexibility index (Phi) is 4.99. The Bertz CT molecular complexity index is 588. The van der Waals surface area contributed by atoms with Gasteiger partial charge >= 0.3 is 0 Å². The van der Waals surface area contributed by atoms with Crippen molar-refractivity contribution in [3.63, 3.8) is 0 Å². The second kappa shape index (κ2) is 6.93. The topological polar surface area (TPSA) is 46.3 Å². The quantitative estimate of drug-likeness (QED) is 0.853. The van der Waals surface area contributed by atoms with Crippen molar-refractivity contribution in [2.24, 2.45) is 0 Å². The number of nitrogens with zero attached hydrogens (tertiary/aromatic N) is 1. The molecule has 110 valence electrons. The fraction of sp³-hybridized carbons (Fsp3) is 0.278. The number of aryl methyl sites for hydroxylation is 1. The van der Waals surface area contributed by atoms with E-state index in [9.17, 15) is 4.79 Å². The molecule has 2 aromatic carbocycles. The van der Waals surface area contributed by atoms with Crippen LogP contribution in [0.4, 0.5) is 5.69 Å². The van der Waals surface area contributed by atoms with Crippen molar-refractivity contribution in [2.45, 2.75) is 26.8 Å². The molecule has 0 spiro atoms. The minimum absolute atomic E-state index is 0.0666. The lowest BCUT2D eigenvalue weighted by molar-refractivity contribution is 0.0752. The normalized spacial score (nSPS) is 10.4. The maximum atomic E-state index is 12.5. The van der Waals surface area contributed by atoms with Crippen LogP contribution in [0.5, 0.6) is 0 Å². The molecule has 1 amide bonds. The molecule has 2 N–H and O–H groups in total. The SMILES string of the molecule is CCc1ccc(C(=O)N(CC)Cc2ccc(N)cc2)cc1. The van der Waals surface area contributed by atoms with E-state index < -0.39 is 0 Å². The molecular weight excluding hydrogens is 260 g/mol. The van der Waals surface area contributed by atoms with Crippen LogP contribution >= 0.6 is 0 Å². The molecule has 0 aliphatic carbocycles. The maximum Gasteiger partial charge on any atom is 0.254 e. The minimum Gasteiger partial charge on any atom is -0.399 e. The number of hydrogen-bond acceptors (Lipinski definition) is 2. The zero-order valence-electron chi connectivity index (χ0n) is 12.7. The van der Waals surface area contributed by atoms with E-state index in [1.807, 2.05) is 60.4 Å². The van der Waals surface area contributed by atoms with Gasteiger partial charge < -0.3 is 10.6 Å². The van der Waals surface area contributed by atoms with Gasteiger partial charge in [0.25, 0.3) is 5.91 Å². The summed E-state index contributed by atoms with van der Waals surface area (Å²) < 4.78 is 0. The first-order valence-electron chi connectivity index (χ1n) is 7.36. The molecular formula is C18H22N2O. The number of amides is 1. The summed E-state index contributed by atoms with van der Waals surface area (Å²) in [7, 11) is 0. The summed E-state index contributed by atoms with van der Waals surface area (Å²) in [6.45, 7) is 5.38. The molecule has 0 aliphatic rings. The second-order valence-electron chi connectivity index (χ2n) is 5.11. The fourth-order valence-electron chi connectivity index (χ4n) is 2.24. The first-order chi connectivity index (χ1) is 10.1. The van der Waals surface area contributed by atoms with E-state index in [2.05, 4.69) is 6.92 Å². The number of rotatable bonds is 5. The fourth-order valence-corrected chi connectivity index (χ4v) is 2.24. The number of benzene rings is 2. The van der Waals surface area contributed by atoms with Crippen LogP contribution in [0.25, 0.3) is 0 Å². The Morgan fingerprint density at radius 3 is 2.05 bits per heavy atom. The molecule has 0 radical (unpaired) electrons. The molecule has 3 nitrogen and oxygen atoms in total. The molecule has 0 aromatic heterocycles. The highest BCUT2D eigenvalue weighted by atomic mass is 16.2. The van der Waals surface area contributed by atoms with E-state index in [1.165, 1.54) is 5.56 Å². The van der Waals surface area contributed by atoms with Gasteiger partial charge in [0, 0.05) is 24.3 Å². The third-order valence-electron chi connectivity index (χ3n) is 3.63. The van der Waals surface area contributed by atoms with E-state index >= 15 is 0 Å². The smallest absolute Gasteiger partial charge is 0.254 e. The van der Waals surface area contributed by atoms with Gasteiger partial charge in [0.2, 0.25) is 0 Å². The summed E-state index contributed by atoms with van der Waals surface area (Å²) in [6.07, 6.45) is 0.984. The summed E-state index contributed by atoms with van der Waals surface area (Å²) in [5, 5.41) is 0. The standard InChI is InChI=1S/C18H22N2O/c1-3-14-5-9-16(10-6-14)18(21)20(4-2)13-15-7-11-17(19)12-8-15/h5-12H,3-4,13,19H2,1-2H3. The highest BCUT2D eigenvalue weighted by Crippen LogP contribution is 2.13. The van der Waals surface area contributed by atoms with Gasteiger partial charge in [-0.15, -0.1) is 0 Å². The molecule has 0 atom stereocenters. The summed E-state index contributed by atoms with van der Waals surface area (Å²) in [6, 6.07) is 15.5. The predicted octanol–water partition coefficient (Wildman–Crippen LogP) is 3.49. The molecule has 2 rings (SSSR count). The van der Waals surface area contributed by atoms with Crippen molar-refractivity contribution >= 4 is 11.6 Å². The third kappa shape index (κ3) is 3.85. The van der Waals surface area contributed by atoms with E-state index in [0.717, 1.165) is 23.2 Å². The van der Waals surface area contributed by atoms with Crippen LogP contribution in [0.3, 0.4) is 0 Å². The van der Waals surface area contributed by atoms with Gasteiger partial charge in [0.1, 0.15) is 0 Å². The number of carbonyl (C=O) groups is 1. The molecule has 0 saturated carbocycles. The van der Waals surface area contributed by atoms with Crippen LogP contribution < -0.4 is 5.73 Å². The molecule has 0 saturated heterocycles. The van der Waals surface area contributed by atoms with E-state index in [1.54, 1.807) is 0 Å². The third-order valence-corrected chi connectivity index (χ3v) is 3.63. The molecule has 0 aliphatic heterocycles. The molecule has 0 heterocycles. The van der Waals surface area contributed by atoms with Crippen molar-refractivity contribution in [1.82, 2.24) is 4.90 Å². The zero-order chi connectivity index (χ0) is 15.2. The molecule has 0 fully saturated rings. The maximum absolute atomic E-state index is 12.5. The predicted molar refractivity (Wildman–Crippen MR) is 87.1 cm³/mol. The second-order valence-corrected chi connectivity index (χ2v) is 5.11. The van der Waals surface area contributed by atoms with Gasteiger partial charge in [-0.05, 0) is 48.7 Å². The van der Waals surface area contributed by atoms with Crippen molar-refractivity contribution in [3.05, 3.63) is 65.2 Å². The average molecular weight is 282 g/mol. The van der Waals surface area contributed by atoms with Gasteiger partial charge in [0.15, 0.2) is 0 Å². The monoisotopic (exact) mass is 282 g/mol. The Balaban J connectivity index is 2.12. The zero-order valence-corrected chi connectivity index (χ0v) is 12.7. The number of anilines is 1. The number of nitrogen functional groups attached to an aromatic ring is 1. The lowest BCUT2D eigenvalue weighted by Crippen LogP contribution is -2.30. The average Bonchev–Trinajstić information content (AvgIpc) is 2.54. The lowest BCUT2D eigenvalue weighted by atomic mass is 10.1.